The van der Waals surface area contributed by atoms with Crippen molar-refractivity contribution in [3.63, 3.8) is 0 Å². The van der Waals surface area contributed by atoms with Gasteiger partial charge in [-0.1, -0.05) is 24.3 Å². The minimum Gasteiger partial charge on any atom is -0.349 e. The van der Waals surface area contributed by atoms with Crippen LogP contribution < -0.4 is 10.0 Å². The summed E-state index contributed by atoms with van der Waals surface area (Å²) < 4.78 is 41.5. The zero-order valence-electron chi connectivity index (χ0n) is 18.2. The van der Waals surface area contributed by atoms with Crippen molar-refractivity contribution in [3.8, 4) is 11.3 Å². The van der Waals surface area contributed by atoms with Gasteiger partial charge in [0.25, 0.3) is 0 Å². The number of hydrogen-bond donors (Lipinski definition) is 2. The second-order valence-electron chi connectivity index (χ2n) is 8.35. The molecule has 2 aromatic carbocycles. The molecule has 0 bridgehead atoms. The second kappa shape index (κ2) is 10.1. The maximum atomic E-state index is 13.1. The number of rotatable bonds is 7. The smallest absolute Gasteiger partial charge is 0.240 e. The standard InChI is InChI=1S/C24H26FN3O3S2/c1-16(17-2-8-20(25)9-3-17)27-24(29)19-4-10-21(11-5-19)28-33(30,31)22-12-6-18(7-13-22)23-14-32-15-26-23/h2-3,6-9,12-16,19,21,28H,4-5,10-11H2,1H3,(H,27,29)/t16-,19?,21?/m1/s1. The molecule has 0 unspecified atom stereocenters. The average molecular weight is 488 g/mol. The highest BCUT2D eigenvalue weighted by Crippen LogP contribution is 2.27. The van der Waals surface area contributed by atoms with E-state index in [9.17, 15) is 17.6 Å². The Morgan fingerprint density at radius 1 is 1.06 bits per heavy atom. The molecule has 1 aliphatic carbocycles. The molecule has 174 valence electrons. The molecule has 4 rings (SSSR count). The van der Waals surface area contributed by atoms with E-state index in [0.717, 1.165) is 16.8 Å². The largest absolute Gasteiger partial charge is 0.349 e. The SMILES string of the molecule is C[C@@H](NC(=O)C1CCC(NS(=O)(=O)c2ccc(-c3cscn3)cc2)CC1)c1ccc(F)cc1. The van der Waals surface area contributed by atoms with E-state index < -0.39 is 10.0 Å². The number of halogens is 1. The summed E-state index contributed by atoms with van der Waals surface area (Å²) in [7, 11) is -3.64. The van der Waals surface area contributed by atoms with Crippen LogP contribution >= 0.6 is 11.3 Å². The topological polar surface area (TPSA) is 88.2 Å². The lowest BCUT2D eigenvalue weighted by molar-refractivity contribution is -0.126. The van der Waals surface area contributed by atoms with Crippen molar-refractivity contribution in [2.24, 2.45) is 5.92 Å². The molecule has 1 atom stereocenters. The zero-order valence-corrected chi connectivity index (χ0v) is 19.8. The van der Waals surface area contributed by atoms with Crippen molar-refractivity contribution in [2.75, 3.05) is 0 Å². The Morgan fingerprint density at radius 3 is 2.33 bits per heavy atom. The number of thiazole rings is 1. The Labute approximate surface area is 197 Å². The average Bonchev–Trinajstić information content (AvgIpc) is 3.35. The molecule has 6 nitrogen and oxygen atoms in total. The van der Waals surface area contributed by atoms with E-state index in [1.54, 1.807) is 41.9 Å². The highest BCUT2D eigenvalue weighted by Gasteiger charge is 2.29. The number of nitrogens with one attached hydrogen (secondary N) is 2. The minimum absolute atomic E-state index is 0.0502. The fourth-order valence-corrected chi connectivity index (χ4v) is 5.95. The van der Waals surface area contributed by atoms with Crippen LogP contribution in [0.5, 0.6) is 0 Å². The van der Waals surface area contributed by atoms with Gasteiger partial charge < -0.3 is 5.32 Å². The van der Waals surface area contributed by atoms with E-state index in [2.05, 4.69) is 15.0 Å². The molecule has 3 aromatic rings. The molecule has 1 amide bonds. The van der Waals surface area contributed by atoms with Crippen LogP contribution in [0, 0.1) is 11.7 Å². The maximum Gasteiger partial charge on any atom is 0.240 e. The first-order valence-electron chi connectivity index (χ1n) is 10.9. The Kier molecular flexibility index (Phi) is 7.21. The maximum absolute atomic E-state index is 13.1. The summed E-state index contributed by atoms with van der Waals surface area (Å²) in [6.07, 6.45) is 2.41. The molecule has 1 aliphatic rings. The van der Waals surface area contributed by atoms with Crippen LogP contribution in [0.15, 0.2) is 64.3 Å². The number of hydrogen-bond acceptors (Lipinski definition) is 5. The van der Waals surface area contributed by atoms with Crippen molar-refractivity contribution < 1.29 is 17.6 Å². The van der Waals surface area contributed by atoms with Gasteiger partial charge in [-0.2, -0.15) is 0 Å². The lowest BCUT2D eigenvalue weighted by Gasteiger charge is -2.29. The first kappa shape index (κ1) is 23.5. The number of carbonyl (C=O) groups excluding carboxylic acids is 1. The Morgan fingerprint density at radius 2 is 1.73 bits per heavy atom. The molecule has 1 fully saturated rings. The van der Waals surface area contributed by atoms with Crippen LogP contribution in [-0.4, -0.2) is 25.4 Å². The molecule has 9 heteroatoms. The summed E-state index contributed by atoms with van der Waals surface area (Å²) >= 11 is 1.49. The van der Waals surface area contributed by atoms with E-state index in [4.69, 9.17) is 0 Å². The van der Waals surface area contributed by atoms with Crippen LogP contribution in [-0.2, 0) is 14.8 Å². The van der Waals surface area contributed by atoms with Crippen LogP contribution in [0.1, 0.15) is 44.2 Å². The molecule has 2 N–H and O–H groups in total. The summed E-state index contributed by atoms with van der Waals surface area (Å²) in [5, 5.41) is 4.90. The monoisotopic (exact) mass is 487 g/mol. The van der Waals surface area contributed by atoms with E-state index in [0.29, 0.717) is 25.7 Å². The lowest BCUT2D eigenvalue weighted by atomic mass is 9.85. The Balaban J connectivity index is 1.29. The number of aromatic nitrogens is 1. The minimum atomic E-state index is -3.64. The fourth-order valence-electron chi connectivity index (χ4n) is 4.09. The summed E-state index contributed by atoms with van der Waals surface area (Å²) in [4.78, 5) is 17.1. The molecule has 33 heavy (non-hydrogen) atoms. The molecular weight excluding hydrogens is 461 g/mol. The summed E-state index contributed by atoms with van der Waals surface area (Å²) in [5.41, 5.74) is 4.27. The van der Waals surface area contributed by atoms with Crippen molar-refractivity contribution in [3.05, 3.63) is 70.8 Å². The molecule has 1 aromatic heterocycles. The van der Waals surface area contributed by atoms with Crippen LogP contribution in [0.4, 0.5) is 4.39 Å². The van der Waals surface area contributed by atoms with E-state index in [1.807, 2.05) is 12.3 Å². The van der Waals surface area contributed by atoms with Crippen molar-refractivity contribution in [1.82, 2.24) is 15.0 Å². The summed E-state index contributed by atoms with van der Waals surface area (Å²) in [5.74, 6) is -0.523. The third-order valence-electron chi connectivity index (χ3n) is 6.04. The van der Waals surface area contributed by atoms with Gasteiger partial charge in [-0.05, 0) is 62.4 Å². The van der Waals surface area contributed by atoms with Gasteiger partial charge in [-0.25, -0.2) is 22.5 Å². The number of amides is 1. The van der Waals surface area contributed by atoms with E-state index in [-0.39, 0.29) is 34.6 Å². The van der Waals surface area contributed by atoms with Crippen molar-refractivity contribution >= 4 is 27.3 Å². The highest BCUT2D eigenvalue weighted by atomic mass is 32.2. The third-order valence-corrected chi connectivity index (χ3v) is 8.16. The first-order chi connectivity index (χ1) is 15.8. The van der Waals surface area contributed by atoms with Crippen molar-refractivity contribution in [1.29, 1.82) is 0 Å². The number of carbonyl (C=O) groups is 1. The van der Waals surface area contributed by atoms with Gasteiger partial charge in [0.1, 0.15) is 5.82 Å². The van der Waals surface area contributed by atoms with Gasteiger partial charge in [0.05, 0.1) is 22.1 Å². The van der Waals surface area contributed by atoms with Gasteiger partial charge in [0, 0.05) is 22.9 Å². The Bertz CT molecular complexity index is 1170. The third kappa shape index (κ3) is 5.85. The number of benzene rings is 2. The highest BCUT2D eigenvalue weighted by molar-refractivity contribution is 7.89. The van der Waals surface area contributed by atoms with Crippen LogP contribution in [0.3, 0.4) is 0 Å². The number of sulfonamides is 1. The van der Waals surface area contributed by atoms with E-state index >= 15 is 0 Å². The molecule has 0 spiro atoms. The van der Waals surface area contributed by atoms with Crippen LogP contribution in [0.2, 0.25) is 0 Å². The number of nitrogens with zero attached hydrogens (tertiary/aromatic N) is 1. The summed E-state index contributed by atoms with van der Waals surface area (Å²) in [6.45, 7) is 1.87. The molecule has 1 heterocycles. The molecule has 0 aliphatic heterocycles. The van der Waals surface area contributed by atoms with Gasteiger partial charge in [0.2, 0.25) is 15.9 Å². The van der Waals surface area contributed by atoms with Gasteiger partial charge in [-0.15, -0.1) is 11.3 Å². The van der Waals surface area contributed by atoms with Gasteiger partial charge in [0.15, 0.2) is 0 Å². The molecule has 1 saturated carbocycles. The zero-order chi connectivity index (χ0) is 23.4. The quantitative estimate of drug-likeness (QED) is 0.507. The molecular formula is C24H26FN3O3S2. The fraction of sp³-hybridized carbons (Fsp3) is 0.333. The lowest BCUT2D eigenvalue weighted by Crippen LogP contribution is -2.41. The van der Waals surface area contributed by atoms with E-state index in [1.165, 1.54) is 23.5 Å². The molecule has 0 radical (unpaired) electrons. The Hall–Kier alpha value is -2.62. The van der Waals surface area contributed by atoms with Crippen molar-refractivity contribution in [2.45, 2.75) is 49.6 Å². The molecule has 0 saturated heterocycles. The first-order valence-corrected chi connectivity index (χ1v) is 13.3. The predicted molar refractivity (Wildman–Crippen MR) is 127 cm³/mol. The second-order valence-corrected chi connectivity index (χ2v) is 10.8. The van der Waals surface area contributed by atoms with Gasteiger partial charge >= 0.3 is 0 Å². The summed E-state index contributed by atoms with van der Waals surface area (Å²) in [6, 6.07) is 12.3. The normalized spacial score (nSPS) is 19.7. The van der Waals surface area contributed by atoms with Crippen LogP contribution in [0.25, 0.3) is 11.3 Å². The van der Waals surface area contributed by atoms with Gasteiger partial charge in [-0.3, -0.25) is 4.79 Å². The predicted octanol–water partition coefficient (Wildman–Crippen LogP) is 4.66.